The second-order valence-electron chi connectivity index (χ2n) is 5.87. The standard InChI is InChI=1S/C17H28N2/c1-2-15(14-19-12-6-3-7-13-19)10-11-16-8-4-5-9-17(16)18/h4-5,8-9,15H,2-3,6-7,10-14,18H2,1H3. The summed E-state index contributed by atoms with van der Waals surface area (Å²) in [5.74, 6) is 0.817. The van der Waals surface area contributed by atoms with E-state index in [1.165, 1.54) is 57.3 Å². The maximum Gasteiger partial charge on any atom is 0.0346 e. The average molecular weight is 260 g/mol. The Kier molecular flexibility index (Phi) is 5.71. The molecule has 1 fully saturated rings. The van der Waals surface area contributed by atoms with Crippen LogP contribution in [0.25, 0.3) is 0 Å². The molecule has 19 heavy (non-hydrogen) atoms. The van der Waals surface area contributed by atoms with Gasteiger partial charge in [-0.15, -0.1) is 0 Å². The molecule has 2 heteroatoms. The number of anilines is 1. The third-order valence-corrected chi connectivity index (χ3v) is 4.42. The van der Waals surface area contributed by atoms with Gasteiger partial charge in [0.15, 0.2) is 0 Å². The Labute approximate surface area is 118 Å². The van der Waals surface area contributed by atoms with Crippen LogP contribution in [0.5, 0.6) is 0 Å². The van der Waals surface area contributed by atoms with Crippen LogP contribution in [-0.4, -0.2) is 24.5 Å². The number of benzene rings is 1. The summed E-state index contributed by atoms with van der Waals surface area (Å²) in [7, 11) is 0. The molecule has 0 aliphatic carbocycles. The lowest BCUT2D eigenvalue weighted by atomic mass is 9.95. The Bertz CT molecular complexity index is 369. The molecule has 1 aromatic rings. The monoisotopic (exact) mass is 260 g/mol. The molecule has 0 aromatic heterocycles. The Hall–Kier alpha value is -1.02. The number of hydrogen-bond donors (Lipinski definition) is 1. The van der Waals surface area contributed by atoms with Gasteiger partial charge in [0.2, 0.25) is 0 Å². The second-order valence-corrected chi connectivity index (χ2v) is 5.87. The Morgan fingerprint density at radius 1 is 1.16 bits per heavy atom. The van der Waals surface area contributed by atoms with Crippen LogP contribution in [0.15, 0.2) is 24.3 Å². The van der Waals surface area contributed by atoms with E-state index in [-0.39, 0.29) is 0 Å². The lowest BCUT2D eigenvalue weighted by Crippen LogP contribution is -2.34. The molecule has 2 nitrogen and oxygen atoms in total. The summed E-state index contributed by atoms with van der Waals surface area (Å²) in [6.07, 6.45) is 7.88. The van der Waals surface area contributed by atoms with E-state index >= 15 is 0 Å². The number of nitrogens with zero attached hydrogens (tertiary/aromatic N) is 1. The average Bonchev–Trinajstić information content (AvgIpc) is 2.46. The fraction of sp³-hybridized carbons (Fsp3) is 0.647. The SMILES string of the molecule is CCC(CCc1ccccc1N)CN1CCCCC1. The molecule has 1 aliphatic heterocycles. The van der Waals surface area contributed by atoms with Crippen LogP contribution in [0.1, 0.15) is 44.6 Å². The van der Waals surface area contributed by atoms with Gasteiger partial charge in [-0.3, -0.25) is 0 Å². The van der Waals surface area contributed by atoms with E-state index in [2.05, 4.69) is 24.0 Å². The van der Waals surface area contributed by atoms with E-state index < -0.39 is 0 Å². The highest BCUT2D eigenvalue weighted by atomic mass is 15.1. The molecule has 1 aromatic carbocycles. The largest absolute Gasteiger partial charge is 0.399 e. The van der Waals surface area contributed by atoms with Gasteiger partial charge in [0.25, 0.3) is 0 Å². The zero-order chi connectivity index (χ0) is 13.5. The molecule has 0 bridgehead atoms. The van der Waals surface area contributed by atoms with E-state index in [0.717, 1.165) is 18.0 Å². The minimum absolute atomic E-state index is 0.817. The maximum atomic E-state index is 6.02. The molecule has 0 amide bonds. The summed E-state index contributed by atoms with van der Waals surface area (Å²) in [5, 5.41) is 0. The van der Waals surface area contributed by atoms with Crippen molar-refractivity contribution in [2.45, 2.75) is 45.4 Å². The van der Waals surface area contributed by atoms with Crippen molar-refractivity contribution in [3.8, 4) is 0 Å². The van der Waals surface area contributed by atoms with Gasteiger partial charge in [0, 0.05) is 12.2 Å². The number of hydrogen-bond acceptors (Lipinski definition) is 2. The third kappa shape index (κ3) is 4.54. The molecule has 1 unspecified atom stereocenters. The molecule has 2 rings (SSSR count). The van der Waals surface area contributed by atoms with Crippen molar-refractivity contribution in [2.75, 3.05) is 25.4 Å². The van der Waals surface area contributed by atoms with Crippen LogP contribution >= 0.6 is 0 Å². The third-order valence-electron chi connectivity index (χ3n) is 4.42. The van der Waals surface area contributed by atoms with E-state index in [9.17, 15) is 0 Å². The van der Waals surface area contributed by atoms with Crippen molar-refractivity contribution in [3.63, 3.8) is 0 Å². The van der Waals surface area contributed by atoms with E-state index in [1.54, 1.807) is 0 Å². The number of aryl methyl sites for hydroxylation is 1. The number of nitrogen functional groups attached to an aromatic ring is 1. The van der Waals surface area contributed by atoms with Crippen LogP contribution in [0.4, 0.5) is 5.69 Å². The van der Waals surface area contributed by atoms with Crippen molar-refractivity contribution < 1.29 is 0 Å². The van der Waals surface area contributed by atoms with Crippen molar-refractivity contribution in [1.82, 2.24) is 4.90 Å². The van der Waals surface area contributed by atoms with Gasteiger partial charge in [-0.1, -0.05) is 38.0 Å². The second kappa shape index (κ2) is 7.54. The van der Waals surface area contributed by atoms with E-state index in [4.69, 9.17) is 5.73 Å². The summed E-state index contributed by atoms with van der Waals surface area (Å²) in [5.41, 5.74) is 8.30. The summed E-state index contributed by atoms with van der Waals surface area (Å²) in [4.78, 5) is 2.66. The molecule has 1 saturated heterocycles. The first-order valence-corrected chi connectivity index (χ1v) is 7.85. The lowest BCUT2D eigenvalue weighted by Gasteiger charge is -2.30. The normalized spacial score (nSPS) is 18.4. The van der Waals surface area contributed by atoms with Crippen LogP contribution < -0.4 is 5.73 Å². The smallest absolute Gasteiger partial charge is 0.0346 e. The highest BCUT2D eigenvalue weighted by Gasteiger charge is 2.15. The summed E-state index contributed by atoms with van der Waals surface area (Å²) in [6.45, 7) is 6.22. The fourth-order valence-corrected chi connectivity index (χ4v) is 3.05. The van der Waals surface area contributed by atoms with Gasteiger partial charge in [-0.2, -0.15) is 0 Å². The van der Waals surface area contributed by atoms with Gasteiger partial charge in [0.1, 0.15) is 0 Å². The molecule has 106 valence electrons. The first kappa shape index (κ1) is 14.4. The molecular weight excluding hydrogens is 232 g/mol. The van der Waals surface area contributed by atoms with Gasteiger partial charge in [0.05, 0.1) is 0 Å². The molecule has 0 spiro atoms. The highest BCUT2D eigenvalue weighted by Crippen LogP contribution is 2.20. The Balaban J connectivity index is 1.80. The van der Waals surface area contributed by atoms with Gasteiger partial charge >= 0.3 is 0 Å². The first-order valence-electron chi connectivity index (χ1n) is 7.85. The zero-order valence-corrected chi connectivity index (χ0v) is 12.3. The summed E-state index contributed by atoms with van der Waals surface area (Å²) in [6, 6.07) is 8.30. The summed E-state index contributed by atoms with van der Waals surface area (Å²) >= 11 is 0. The topological polar surface area (TPSA) is 29.3 Å². The molecular formula is C17H28N2. The van der Waals surface area contributed by atoms with Gasteiger partial charge < -0.3 is 10.6 Å². The number of rotatable bonds is 6. The minimum atomic E-state index is 0.817. The first-order chi connectivity index (χ1) is 9.29. The molecule has 1 aliphatic rings. The highest BCUT2D eigenvalue weighted by molar-refractivity contribution is 5.46. The Morgan fingerprint density at radius 3 is 2.58 bits per heavy atom. The molecule has 2 N–H and O–H groups in total. The van der Waals surface area contributed by atoms with Crippen LogP contribution in [-0.2, 0) is 6.42 Å². The lowest BCUT2D eigenvalue weighted by molar-refractivity contribution is 0.188. The van der Waals surface area contributed by atoms with Crippen LogP contribution in [0, 0.1) is 5.92 Å². The van der Waals surface area contributed by atoms with Gasteiger partial charge in [-0.05, 0) is 56.3 Å². The molecule has 1 heterocycles. The quantitative estimate of drug-likeness (QED) is 0.790. The molecule has 0 saturated carbocycles. The molecule has 1 atom stereocenters. The number of nitrogens with two attached hydrogens (primary N) is 1. The number of para-hydroxylation sites is 1. The van der Waals surface area contributed by atoms with Gasteiger partial charge in [-0.25, -0.2) is 0 Å². The zero-order valence-electron chi connectivity index (χ0n) is 12.3. The van der Waals surface area contributed by atoms with Crippen LogP contribution in [0.3, 0.4) is 0 Å². The minimum Gasteiger partial charge on any atom is -0.399 e. The predicted octanol–water partition coefficient (Wildman–Crippen LogP) is 3.71. The van der Waals surface area contributed by atoms with Crippen molar-refractivity contribution in [1.29, 1.82) is 0 Å². The van der Waals surface area contributed by atoms with Crippen LogP contribution in [0.2, 0.25) is 0 Å². The van der Waals surface area contributed by atoms with E-state index in [0.29, 0.717) is 0 Å². The fourth-order valence-electron chi connectivity index (χ4n) is 3.05. The number of likely N-dealkylation sites (tertiary alicyclic amines) is 1. The predicted molar refractivity (Wildman–Crippen MR) is 83.2 cm³/mol. The number of piperidine rings is 1. The van der Waals surface area contributed by atoms with E-state index in [1.807, 2.05) is 12.1 Å². The van der Waals surface area contributed by atoms with Crippen molar-refractivity contribution >= 4 is 5.69 Å². The van der Waals surface area contributed by atoms with Crippen molar-refractivity contribution in [3.05, 3.63) is 29.8 Å². The molecule has 0 radical (unpaired) electrons. The maximum absolute atomic E-state index is 6.02. The Morgan fingerprint density at radius 2 is 1.89 bits per heavy atom. The summed E-state index contributed by atoms with van der Waals surface area (Å²) < 4.78 is 0. The van der Waals surface area contributed by atoms with Crippen molar-refractivity contribution in [2.24, 2.45) is 5.92 Å².